The number of carbonyl (C=O) groups is 1. The first-order valence-electron chi connectivity index (χ1n) is 5.82. The number of carbonyl (C=O) groups excluding carboxylic acids is 1. The molecule has 0 atom stereocenters. The standard InChI is InChI=1S/C12H18N2O3/c1-3-8(4-2)11(14)10(5-13)12(15)17-9-6-16-7-9/h8-9H,3-4,6-7,14H2,1-2H3/b11-10-. The Balaban J connectivity index is 2.77. The topological polar surface area (TPSA) is 85.3 Å². The highest BCUT2D eigenvalue weighted by Crippen LogP contribution is 2.19. The molecule has 0 unspecified atom stereocenters. The number of esters is 1. The second-order valence-electron chi connectivity index (χ2n) is 4.02. The van der Waals surface area contributed by atoms with E-state index in [0.29, 0.717) is 18.9 Å². The lowest BCUT2D eigenvalue weighted by Crippen LogP contribution is -2.38. The van der Waals surface area contributed by atoms with Crippen molar-refractivity contribution in [2.24, 2.45) is 11.7 Å². The summed E-state index contributed by atoms with van der Waals surface area (Å²) in [5, 5.41) is 8.99. The number of allylic oxidation sites excluding steroid dienone is 1. The van der Waals surface area contributed by atoms with Gasteiger partial charge in [-0.15, -0.1) is 0 Å². The molecule has 5 nitrogen and oxygen atoms in total. The fourth-order valence-corrected chi connectivity index (χ4v) is 1.65. The summed E-state index contributed by atoms with van der Waals surface area (Å²) >= 11 is 0. The maximum Gasteiger partial charge on any atom is 0.351 e. The summed E-state index contributed by atoms with van der Waals surface area (Å²) in [6.07, 6.45) is 1.36. The summed E-state index contributed by atoms with van der Waals surface area (Å²) in [7, 11) is 0. The van der Waals surface area contributed by atoms with Crippen LogP contribution in [0.1, 0.15) is 26.7 Å². The highest BCUT2D eigenvalue weighted by atomic mass is 16.6. The van der Waals surface area contributed by atoms with Crippen molar-refractivity contribution < 1.29 is 14.3 Å². The van der Waals surface area contributed by atoms with E-state index in [1.165, 1.54) is 0 Å². The molecular formula is C12H18N2O3. The second-order valence-corrected chi connectivity index (χ2v) is 4.02. The van der Waals surface area contributed by atoms with Gasteiger partial charge < -0.3 is 15.2 Å². The van der Waals surface area contributed by atoms with E-state index in [1.807, 2.05) is 19.9 Å². The Labute approximate surface area is 101 Å². The van der Waals surface area contributed by atoms with E-state index in [2.05, 4.69) is 0 Å². The monoisotopic (exact) mass is 238 g/mol. The Bertz CT molecular complexity index is 349. The Morgan fingerprint density at radius 2 is 2.12 bits per heavy atom. The average molecular weight is 238 g/mol. The molecule has 1 heterocycles. The third kappa shape index (κ3) is 3.21. The van der Waals surface area contributed by atoms with Gasteiger partial charge in [-0.05, 0) is 18.8 Å². The number of hydrogen-bond donors (Lipinski definition) is 1. The largest absolute Gasteiger partial charge is 0.453 e. The van der Waals surface area contributed by atoms with Gasteiger partial charge in [-0.3, -0.25) is 0 Å². The first kappa shape index (κ1) is 13.5. The van der Waals surface area contributed by atoms with Crippen molar-refractivity contribution in [3.63, 3.8) is 0 Å². The summed E-state index contributed by atoms with van der Waals surface area (Å²) in [5.74, 6) is -0.583. The van der Waals surface area contributed by atoms with E-state index in [-0.39, 0.29) is 17.6 Å². The first-order valence-corrected chi connectivity index (χ1v) is 5.82. The molecule has 94 valence electrons. The molecule has 1 aliphatic heterocycles. The molecule has 1 saturated heterocycles. The minimum atomic E-state index is -0.634. The van der Waals surface area contributed by atoms with Gasteiger partial charge >= 0.3 is 5.97 Å². The lowest BCUT2D eigenvalue weighted by Gasteiger charge is -2.25. The van der Waals surface area contributed by atoms with Crippen molar-refractivity contribution in [3.8, 4) is 6.07 Å². The minimum absolute atomic E-state index is 0.0508. The molecule has 0 bridgehead atoms. The van der Waals surface area contributed by atoms with Gasteiger partial charge in [0, 0.05) is 5.70 Å². The number of hydrogen-bond acceptors (Lipinski definition) is 5. The predicted molar refractivity (Wildman–Crippen MR) is 61.6 cm³/mol. The second kappa shape index (κ2) is 6.26. The molecule has 1 rings (SSSR count). The quantitative estimate of drug-likeness (QED) is 0.440. The van der Waals surface area contributed by atoms with Crippen LogP contribution in [0.5, 0.6) is 0 Å². The molecule has 0 aromatic rings. The van der Waals surface area contributed by atoms with E-state index >= 15 is 0 Å². The van der Waals surface area contributed by atoms with Gasteiger partial charge in [0.25, 0.3) is 0 Å². The van der Waals surface area contributed by atoms with Crippen LogP contribution < -0.4 is 5.73 Å². The van der Waals surface area contributed by atoms with E-state index in [0.717, 1.165) is 12.8 Å². The van der Waals surface area contributed by atoms with Gasteiger partial charge in [0.1, 0.15) is 12.2 Å². The van der Waals surface area contributed by atoms with Crippen molar-refractivity contribution in [1.29, 1.82) is 5.26 Å². The number of rotatable bonds is 5. The number of nitrogens with zero attached hydrogens (tertiary/aromatic N) is 1. The minimum Gasteiger partial charge on any atom is -0.453 e. The highest BCUT2D eigenvalue weighted by molar-refractivity contribution is 5.93. The molecular weight excluding hydrogens is 220 g/mol. The normalized spacial score (nSPS) is 17.1. The number of nitriles is 1. The fraction of sp³-hybridized carbons (Fsp3) is 0.667. The maximum atomic E-state index is 11.7. The molecule has 0 aromatic heterocycles. The molecule has 17 heavy (non-hydrogen) atoms. The van der Waals surface area contributed by atoms with Gasteiger partial charge in [0.2, 0.25) is 0 Å². The van der Waals surface area contributed by atoms with E-state index in [9.17, 15) is 4.79 Å². The molecule has 0 spiro atoms. The molecule has 0 aliphatic carbocycles. The molecule has 1 aliphatic rings. The van der Waals surface area contributed by atoms with Crippen molar-refractivity contribution >= 4 is 5.97 Å². The Kier molecular flexibility index (Phi) is 4.98. The zero-order valence-electron chi connectivity index (χ0n) is 10.2. The van der Waals surface area contributed by atoms with Crippen LogP contribution in [0.15, 0.2) is 11.3 Å². The third-order valence-electron chi connectivity index (χ3n) is 2.91. The van der Waals surface area contributed by atoms with E-state index in [4.69, 9.17) is 20.5 Å². The van der Waals surface area contributed by atoms with Crippen molar-refractivity contribution in [3.05, 3.63) is 11.3 Å². The SMILES string of the molecule is CCC(CC)/C(N)=C(\C#N)C(=O)OC1COC1. The fourth-order valence-electron chi connectivity index (χ4n) is 1.65. The van der Waals surface area contributed by atoms with Crippen LogP contribution in [0.4, 0.5) is 0 Å². The molecule has 0 saturated carbocycles. The van der Waals surface area contributed by atoms with Gasteiger partial charge in [-0.2, -0.15) is 5.26 Å². The maximum absolute atomic E-state index is 11.7. The van der Waals surface area contributed by atoms with Crippen molar-refractivity contribution in [1.82, 2.24) is 0 Å². The van der Waals surface area contributed by atoms with E-state index < -0.39 is 5.97 Å². The van der Waals surface area contributed by atoms with Crippen LogP contribution in [0.2, 0.25) is 0 Å². The van der Waals surface area contributed by atoms with Crippen LogP contribution in [-0.4, -0.2) is 25.3 Å². The van der Waals surface area contributed by atoms with Crippen LogP contribution >= 0.6 is 0 Å². The lowest BCUT2D eigenvalue weighted by molar-refractivity contribution is -0.167. The summed E-state index contributed by atoms with van der Waals surface area (Å²) in [6.45, 7) is 4.74. The lowest BCUT2D eigenvalue weighted by atomic mass is 9.96. The Hall–Kier alpha value is -1.54. The summed E-state index contributed by atoms with van der Waals surface area (Å²) in [4.78, 5) is 11.7. The zero-order valence-corrected chi connectivity index (χ0v) is 10.2. The van der Waals surface area contributed by atoms with Crippen LogP contribution in [0.3, 0.4) is 0 Å². The van der Waals surface area contributed by atoms with Crippen LogP contribution in [-0.2, 0) is 14.3 Å². The number of ether oxygens (including phenoxy) is 2. The summed E-state index contributed by atoms with van der Waals surface area (Å²) in [6, 6.07) is 1.84. The molecule has 1 fully saturated rings. The highest BCUT2D eigenvalue weighted by Gasteiger charge is 2.26. The average Bonchev–Trinajstić information content (AvgIpc) is 2.26. The smallest absolute Gasteiger partial charge is 0.351 e. The van der Waals surface area contributed by atoms with Crippen molar-refractivity contribution in [2.45, 2.75) is 32.8 Å². The van der Waals surface area contributed by atoms with Crippen molar-refractivity contribution in [2.75, 3.05) is 13.2 Å². The third-order valence-corrected chi connectivity index (χ3v) is 2.91. The van der Waals surface area contributed by atoms with Gasteiger partial charge in [-0.25, -0.2) is 4.79 Å². The Morgan fingerprint density at radius 3 is 2.47 bits per heavy atom. The van der Waals surface area contributed by atoms with Gasteiger partial charge in [-0.1, -0.05) is 13.8 Å². The predicted octanol–water partition coefficient (Wildman–Crippen LogP) is 1.10. The summed E-state index contributed by atoms with van der Waals surface area (Å²) < 4.78 is 9.97. The van der Waals surface area contributed by atoms with Crippen LogP contribution in [0.25, 0.3) is 0 Å². The van der Waals surface area contributed by atoms with Gasteiger partial charge in [0.15, 0.2) is 5.57 Å². The summed E-state index contributed by atoms with van der Waals surface area (Å²) in [5.41, 5.74) is 6.13. The molecule has 0 aromatic carbocycles. The molecule has 0 radical (unpaired) electrons. The first-order chi connectivity index (χ1) is 8.13. The molecule has 0 amide bonds. The number of nitrogens with two attached hydrogens (primary N) is 1. The Morgan fingerprint density at radius 1 is 1.53 bits per heavy atom. The van der Waals surface area contributed by atoms with Gasteiger partial charge in [0.05, 0.1) is 13.2 Å². The molecule has 2 N–H and O–H groups in total. The van der Waals surface area contributed by atoms with E-state index in [1.54, 1.807) is 0 Å². The molecule has 5 heteroatoms. The zero-order chi connectivity index (χ0) is 12.8. The van der Waals surface area contributed by atoms with Crippen LogP contribution in [0, 0.1) is 17.2 Å².